The van der Waals surface area contributed by atoms with Gasteiger partial charge in [-0.25, -0.2) is 0 Å². The number of aliphatic imine (C=N–C) groups is 1. The van der Waals surface area contributed by atoms with E-state index < -0.39 is 0 Å². The Morgan fingerprint density at radius 1 is 1.12 bits per heavy atom. The predicted molar refractivity (Wildman–Crippen MR) is 104 cm³/mol. The van der Waals surface area contributed by atoms with Crippen LogP contribution < -0.4 is 9.47 Å². The Labute approximate surface area is 151 Å². The summed E-state index contributed by atoms with van der Waals surface area (Å²) in [5.41, 5.74) is 4.91. The van der Waals surface area contributed by atoms with Gasteiger partial charge in [0.05, 0.1) is 25.6 Å². The molecule has 1 aliphatic heterocycles. The lowest BCUT2D eigenvalue weighted by atomic mass is 10.0. The number of benzene rings is 2. The van der Waals surface area contributed by atoms with Gasteiger partial charge >= 0.3 is 0 Å². The highest BCUT2D eigenvalue weighted by Gasteiger charge is 2.18. The predicted octanol–water partition coefficient (Wildman–Crippen LogP) is 3.95. The number of hydrogen-bond acceptors (Lipinski definition) is 4. The lowest BCUT2D eigenvalue weighted by Gasteiger charge is -2.11. The number of nitrogens with one attached hydrogen (secondary N) is 1. The molecule has 4 rings (SSSR count). The van der Waals surface area contributed by atoms with E-state index in [1.807, 2.05) is 36.4 Å². The molecule has 0 aliphatic carbocycles. The van der Waals surface area contributed by atoms with E-state index in [0.29, 0.717) is 11.3 Å². The van der Waals surface area contributed by atoms with Gasteiger partial charge in [0.25, 0.3) is 0 Å². The maximum atomic E-state index is 10.2. The molecule has 0 saturated heterocycles. The smallest absolute Gasteiger partial charge is 0.165 e. The van der Waals surface area contributed by atoms with Crippen molar-refractivity contribution in [1.29, 1.82) is 0 Å². The number of aromatic amines is 1. The summed E-state index contributed by atoms with van der Waals surface area (Å²) in [4.78, 5) is 8.12. The van der Waals surface area contributed by atoms with E-state index in [1.54, 1.807) is 20.3 Å². The summed E-state index contributed by atoms with van der Waals surface area (Å²) < 4.78 is 10.5. The molecule has 0 radical (unpaired) electrons. The Kier molecular flexibility index (Phi) is 4.13. The van der Waals surface area contributed by atoms with Gasteiger partial charge in [-0.05, 0) is 42.3 Å². The Bertz CT molecular complexity index is 1030. The summed E-state index contributed by atoms with van der Waals surface area (Å²) >= 11 is 0. The minimum absolute atomic E-state index is 0.129. The first-order chi connectivity index (χ1) is 12.7. The zero-order valence-electron chi connectivity index (χ0n) is 14.7. The number of rotatable bonds is 4. The Morgan fingerprint density at radius 2 is 2.00 bits per heavy atom. The minimum atomic E-state index is 0.129. The average molecular weight is 348 g/mol. The molecule has 0 saturated carbocycles. The third kappa shape index (κ3) is 2.71. The first-order valence-corrected chi connectivity index (χ1v) is 8.48. The van der Waals surface area contributed by atoms with Crippen molar-refractivity contribution in [2.75, 3.05) is 20.8 Å². The number of fused-ring (bicyclic) bond motifs is 3. The molecule has 0 atom stereocenters. The largest absolute Gasteiger partial charge is 0.504 e. The third-order valence-corrected chi connectivity index (χ3v) is 4.68. The molecule has 2 heterocycles. The number of ether oxygens (including phenoxy) is 2. The fourth-order valence-corrected chi connectivity index (χ4v) is 3.35. The van der Waals surface area contributed by atoms with Crippen LogP contribution in [0, 0.1) is 0 Å². The Morgan fingerprint density at radius 3 is 2.81 bits per heavy atom. The van der Waals surface area contributed by atoms with E-state index >= 15 is 0 Å². The van der Waals surface area contributed by atoms with E-state index in [1.165, 1.54) is 10.9 Å². The zero-order valence-corrected chi connectivity index (χ0v) is 14.7. The number of phenolic OH excluding ortho intramolecular Hbond substituents is 1. The van der Waals surface area contributed by atoms with E-state index in [4.69, 9.17) is 9.47 Å². The van der Waals surface area contributed by atoms with Gasteiger partial charge in [0.15, 0.2) is 11.5 Å². The van der Waals surface area contributed by atoms with Crippen LogP contribution in [0.25, 0.3) is 17.0 Å². The van der Waals surface area contributed by atoms with Gasteiger partial charge in [0.1, 0.15) is 5.75 Å². The van der Waals surface area contributed by atoms with Gasteiger partial charge in [-0.3, -0.25) is 4.99 Å². The van der Waals surface area contributed by atoms with Crippen LogP contribution in [0.5, 0.6) is 17.2 Å². The van der Waals surface area contributed by atoms with Crippen LogP contribution in [0.2, 0.25) is 0 Å². The van der Waals surface area contributed by atoms with Crippen molar-refractivity contribution < 1.29 is 14.6 Å². The van der Waals surface area contributed by atoms with E-state index in [9.17, 15) is 5.11 Å². The maximum Gasteiger partial charge on any atom is 0.165 e. The van der Waals surface area contributed by atoms with Crippen molar-refractivity contribution in [3.05, 3.63) is 59.3 Å². The second-order valence-corrected chi connectivity index (χ2v) is 6.14. The second-order valence-electron chi connectivity index (χ2n) is 6.14. The molecule has 0 fully saturated rings. The molecule has 26 heavy (non-hydrogen) atoms. The maximum absolute atomic E-state index is 10.2. The van der Waals surface area contributed by atoms with E-state index in [0.717, 1.165) is 35.6 Å². The van der Waals surface area contributed by atoms with Gasteiger partial charge in [-0.1, -0.05) is 12.1 Å². The number of nitrogens with zero attached hydrogens (tertiary/aromatic N) is 1. The summed E-state index contributed by atoms with van der Waals surface area (Å²) in [5.74, 6) is 1.41. The highest BCUT2D eigenvalue weighted by molar-refractivity contribution is 6.14. The SMILES string of the molecule is COc1ccc2c3c([nH]c2c1)C(C=Cc1cccc(OC)c1O)=NCC3. The van der Waals surface area contributed by atoms with Crippen LogP contribution in [-0.2, 0) is 6.42 Å². The molecular weight excluding hydrogens is 328 g/mol. The van der Waals surface area contributed by atoms with Crippen LogP contribution in [0.1, 0.15) is 16.8 Å². The zero-order chi connectivity index (χ0) is 18.1. The third-order valence-electron chi connectivity index (χ3n) is 4.68. The van der Waals surface area contributed by atoms with Crippen molar-refractivity contribution >= 4 is 22.7 Å². The van der Waals surface area contributed by atoms with Crippen molar-refractivity contribution in [2.45, 2.75) is 6.42 Å². The molecule has 5 nitrogen and oxygen atoms in total. The van der Waals surface area contributed by atoms with Crippen LogP contribution in [0.3, 0.4) is 0 Å². The topological polar surface area (TPSA) is 66.8 Å². The molecule has 5 heteroatoms. The van der Waals surface area contributed by atoms with Crippen LogP contribution in [-0.4, -0.2) is 36.6 Å². The number of hydrogen-bond donors (Lipinski definition) is 2. The van der Waals surface area contributed by atoms with Crippen LogP contribution in [0.15, 0.2) is 47.5 Å². The minimum Gasteiger partial charge on any atom is -0.504 e. The number of aromatic hydroxyl groups is 1. The molecule has 0 unspecified atom stereocenters. The van der Waals surface area contributed by atoms with Crippen LogP contribution >= 0.6 is 0 Å². The normalized spacial score (nSPS) is 13.7. The summed E-state index contributed by atoms with van der Waals surface area (Å²) in [5, 5.41) is 11.4. The highest BCUT2D eigenvalue weighted by Crippen LogP contribution is 2.32. The van der Waals surface area contributed by atoms with Crippen molar-refractivity contribution in [3.8, 4) is 17.2 Å². The molecule has 1 aliphatic rings. The summed E-state index contributed by atoms with van der Waals surface area (Å²) in [6.45, 7) is 0.746. The quantitative estimate of drug-likeness (QED) is 0.750. The standard InChI is InChI=1S/C21H20N2O3/c1-25-14-7-8-15-16-10-11-22-17(20(16)23-18(15)12-14)9-6-13-4-3-5-19(26-2)21(13)24/h3-9,12,23-24H,10-11H2,1-2H3. The lowest BCUT2D eigenvalue weighted by Crippen LogP contribution is -2.09. The molecule has 2 aromatic carbocycles. The molecule has 132 valence electrons. The first kappa shape index (κ1) is 16.3. The number of allylic oxidation sites excluding steroid dienone is 1. The fraction of sp³-hybridized carbons (Fsp3) is 0.190. The molecule has 0 amide bonds. The summed E-state index contributed by atoms with van der Waals surface area (Å²) in [6.07, 6.45) is 4.69. The number of para-hydroxylation sites is 1. The number of H-pyrrole nitrogens is 1. The molecule has 2 N–H and O–H groups in total. The monoisotopic (exact) mass is 348 g/mol. The van der Waals surface area contributed by atoms with E-state index in [-0.39, 0.29) is 5.75 Å². The average Bonchev–Trinajstić information content (AvgIpc) is 3.05. The van der Waals surface area contributed by atoms with Crippen molar-refractivity contribution in [1.82, 2.24) is 4.98 Å². The molecule has 3 aromatic rings. The molecular formula is C21H20N2O3. The van der Waals surface area contributed by atoms with Gasteiger partial charge in [0.2, 0.25) is 0 Å². The van der Waals surface area contributed by atoms with Crippen molar-refractivity contribution in [3.63, 3.8) is 0 Å². The second kappa shape index (κ2) is 6.59. The molecule has 1 aromatic heterocycles. The van der Waals surface area contributed by atoms with Crippen molar-refractivity contribution in [2.24, 2.45) is 4.99 Å². The van der Waals surface area contributed by atoms with Crippen LogP contribution in [0.4, 0.5) is 0 Å². The Hall–Kier alpha value is -3.21. The molecule has 0 bridgehead atoms. The van der Waals surface area contributed by atoms with Gasteiger partial charge in [0, 0.05) is 29.1 Å². The lowest BCUT2D eigenvalue weighted by molar-refractivity contribution is 0.373. The van der Waals surface area contributed by atoms with E-state index in [2.05, 4.69) is 16.0 Å². The number of methoxy groups -OCH3 is 2. The number of aromatic nitrogens is 1. The Balaban J connectivity index is 1.72. The highest BCUT2D eigenvalue weighted by atomic mass is 16.5. The molecule has 0 spiro atoms. The van der Waals surface area contributed by atoms with Gasteiger partial charge in [-0.15, -0.1) is 0 Å². The van der Waals surface area contributed by atoms with Gasteiger partial charge in [-0.2, -0.15) is 0 Å². The summed E-state index contributed by atoms with van der Waals surface area (Å²) in [7, 11) is 3.21. The summed E-state index contributed by atoms with van der Waals surface area (Å²) in [6, 6.07) is 11.5. The first-order valence-electron chi connectivity index (χ1n) is 8.48. The van der Waals surface area contributed by atoms with Gasteiger partial charge < -0.3 is 19.6 Å². The fourth-order valence-electron chi connectivity index (χ4n) is 3.35. The number of phenols is 1.